The number of fused-ring (bicyclic) bond motifs is 1. The Morgan fingerprint density at radius 2 is 1.41 bits per heavy atom. The Labute approximate surface area is 246 Å². The van der Waals surface area contributed by atoms with Crippen molar-refractivity contribution in [1.29, 1.82) is 0 Å². The second-order valence-corrected chi connectivity index (χ2v) is 10.9. The first-order valence-electron chi connectivity index (χ1n) is 13.6. The SMILES string of the molecule is CCCNC(=S)NC1CCC(c2ccccc2)(N(C)C)CC1.O=C(O)CC(O)(CC(=O)O)C(=O)O.c1cc2ccc1-2. The van der Waals surface area contributed by atoms with E-state index in [1.807, 2.05) is 0 Å². The molecule has 3 aliphatic carbocycles. The van der Waals surface area contributed by atoms with E-state index in [4.69, 9.17) is 32.6 Å². The van der Waals surface area contributed by atoms with Gasteiger partial charge in [0.25, 0.3) is 0 Å². The maximum atomic E-state index is 10.3. The summed E-state index contributed by atoms with van der Waals surface area (Å²) in [4.78, 5) is 32.9. The highest BCUT2D eigenvalue weighted by molar-refractivity contribution is 7.80. The first-order valence-corrected chi connectivity index (χ1v) is 14.0. The molecule has 1 aromatic rings. The number of nitrogens with zero attached hydrogens (tertiary/aromatic N) is 1. The largest absolute Gasteiger partial charge is 0.481 e. The Balaban J connectivity index is 0.000000257. The van der Waals surface area contributed by atoms with Gasteiger partial charge in [-0.3, -0.25) is 14.5 Å². The van der Waals surface area contributed by atoms with Crippen molar-refractivity contribution in [2.45, 2.75) is 69.1 Å². The van der Waals surface area contributed by atoms with Gasteiger partial charge in [-0.2, -0.15) is 0 Å². The quantitative estimate of drug-likeness (QED) is 0.192. The van der Waals surface area contributed by atoms with Gasteiger partial charge in [0, 0.05) is 18.1 Å². The van der Waals surface area contributed by atoms with E-state index in [-0.39, 0.29) is 5.54 Å². The van der Waals surface area contributed by atoms with Crippen LogP contribution in [-0.2, 0) is 19.9 Å². The Kier molecular flexibility index (Phi) is 12.7. The minimum Gasteiger partial charge on any atom is -0.481 e. The molecular formula is C30H41N3O7S. The van der Waals surface area contributed by atoms with Gasteiger partial charge >= 0.3 is 17.9 Å². The summed E-state index contributed by atoms with van der Waals surface area (Å²) >= 11 is 5.37. The number of nitrogens with one attached hydrogen (secondary N) is 2. The number of aliphatic hydroxyl groups is 1. The Hall–Kier alpha value is -3.54. The fourth-order valence-electron chi connectivity index (χ4n) is 4.83. The van der Waals surface area contributed by atoms with Gasteiger partial charge in [0.2, 0.25) is 0 Å². The zero-order valence-electron chi connectivity index (χ0n) is 23.8. The lowest BCUT2D eigenvalue weighted by molar-refractivity contribution is -0.170. The van der Waals surface area contributed by atoms with Crippen molar-refractivity contribution < 1.29 is 34.8 Å². The fourth-order valence-corrected chi connectivity index (χ4v) is 5.10. The minimum atomic E-state index is -2.74. The topological polar surface area (TPSA) is 159 Å². The first kappa shape index (κ1) is 33.7. The van der Waals surface area contributed by atoms with Gasteiger partial charge in [-0.15, -0.1) is 0 Å². The Morgan fingerprint density at radius 3 is 1.76 bits per heavy atom. The first-order chi connectivity index (χ1) is 19.3. The molecule has 0 aliphatic heterocycles. The van der Waals surface area contributed by atoms with Crippen LogP contribution in [0.25, 0.3) is 11.1 Å². The monoisotopic (exact) mass is 587 g/mol. The van der Waals surface area contributed by atoms with Gasteiger partial charge in [-0.05, 0) is 75.1 Å². The normalized spacial score (nSPS) is 18.5. The molecule has 0 spiro atoms. The van der Waals surface area contributed by atoms with E-state index < -0.39 is 36.4 Å². The molecule has 4 rings (SSSR count). The molecule has 0 heterocycles. The maximum Gasteiger partial charge on any atom is 0.336 e. The number of hydrogen-bond acceptors (Lipinski definition) is 6. The molecule has 0 atom stereocenters. The summed E-state index contributed by atoms with van der Waals surface area (Å²) in [7, 11) is 4.41. The van der Waals surface area contributed by atoms with Gasteiger partial charge in [0.1, 0.15) is 0 Å². The number of carboxylic acids is 3. The number of carboxylic acid groups (broad SMARTS) is 3. The molecule has 1 saturated carbocycles. The van der Waals surface area contributed by atoms with Crippen LogP contribution in [0.5, 0.6) is 0 Å². The summed E-state index contributed by atoms with van der Waals surface area (Å²) in [5.41, 5.74) is 1.71. The van der Waals surface area contributed by atoms with Crippen LogP contribution in [0.3, 0.4) is 0 Å². The standard InChI is InChI=1S/C18H29N3S.C6H8O7.C6H4/c1-4-14-19-17(22)20-16-10-12-18(13-11-16,21(2)3)15-8-6-5-7-9-15;7-3(8)1-6(13,5(11)12)2-4(9)10;1-2-6-4-3-5(1)6/h5-9,16H,4,10-14H2,1-3H3,(H2,19,20,22);13H,1-2H2,(H,7,8)(H,9,10)(H,11,12);1-4H. The summed E-state index contributed by atoms with van der Waals surface area (Å²) < 4.78 is 0. The van der Waals surface area contributed by atoms with Crippen molar-refractivity contribution in [3.05, 3.63) is 60.2 Å². The molecule has 0 radical (unpaired) electrons. The van der Waals surface area contributed by atoms with Gasteiger partial charge in [-0.1, -0.05) is 61.5 Å². The van der Waals surface area contributed by atoms with E-state index in [9.17, 15) is 14.4 Å². The van der Waals surface area contributed by atoms with Crippen molar-refractivity contribution in [3.63, 3.8) is 0 Å². The molecule has 41 heavy (non-hydrogen) atoms. The van der Waals surface area contributed by atoms with Crippen LogP contribution in [0.2, 0.25) is 0 Å². The molecular weight excluding hydrogens is 546 g/mol. The van der Waals surface area contributed by atoms with Crippen LogP contribution in [0, 0.1) is 0 Å². The van der Waals surface area contributed by atoms with Crippen molar-refractivity contribution in [2.24, 2.45) is 0 Å². The third-order valence-electron chi connectivity index (χ3n) is 7.35. The van der Waals surface area contributed by atoms with Crippen LogP contribution in [0.1, 0.15) is 57.4 Å². The summed E-state index contributed by atoms with van der Waals surface area (Å²) in [5.74, 6) is -5.02. The van der Waals surface area contributed by atoms with Crippen LogP contribution < -0.4 is 10.6 Å². The maximum absolute atomic E-state index is 10.3. The van der Waals surface area contributed by atoms with Crippen molar-refractivity contribution in [1.82, 2.24) is 15.5 Å². The molecule has 10 nitrogen and oxygen atoms in total. The zero-order chi connectivity index (χ0) is 30.6. The van der Waals surface area contributed by atoms with E-state index >= 15 is 0 Å². The number of aliphatic carboxylic acids is 3. The number of rotatable bonds is 10. The van der Waals surface area contributed by atoms with E-state index in [2.05, 4.69) is 91.1 Å². The molecule has 0 aromatic heterocycles. The third kappa shape index (κ3) is 9.80. The van der Waals surface area contributed by atoms with E-state index in [0.29, 0.717) is 6.04 Å². The van der Waals surface area contributed by atoms with Crippen LogP contribution in [0.4, 0.5) is 0 Å². The number of thiocarbonyl (C=S) groups is 1. The van der Waals surface area contributed by atoms with E-state index in [1.54, 1.807) is 0 Å². The zero-order valence-corrected chi connectivity index (χ0v) is 24.6. The minimum absolute atomic E-state index is 0.165. The Morgan fingerprint density at radius 1 is 0.927 bits per heavy atom. The molecule has 6 N–H and O–H groups in total. The second-order valence-electron chi connectivity index (χ2n) is 10.5. The highest BCUT2D eigenvalue weighted by Crippen LogP contribution is 2.41. The molecule has 11 heteroatoms. The summed E-state index contributed by atoms with van der Waals surface area (Å²) in [6, 6.07) is 19.9. The number of hydrogen-bond donors (Lipinski definition) is 6. The van der Waals surface area contributed by atoms with Crippen LogP contribution >= 0.6 is 12.2 Å². The predicted molar refractivity (Wildman–Crippen MR) is 161 cm³/mol. The molecule has 0 saturated heterocycles. The molecule has 1 fully saturated rings. The molecule has 3 aliphatic rings. The average Bonchev–Trinajstić information content (AvgIpc) is 2.90. The Bertz CT molecular complexity index is 1130. The van der Waals surface area contributed by atoms with Gasteiger partial charge < -0.3 is 31.1 Å². The van der Waals surface area contributed by atoms with Gasteiger partial charge in [0.05, 0.1) is 12.8 Å². The lowest BCUT2D eigenvalue weighted by Gasteiger charge is -2.46. The van der Waals surface area contributed by atoms with Crippen LogP contribution in [0.15, 0.2) is 54.6 Å². The molecule has 0 amide bonds. The van der Waals surface area contributed by atoms with Crippen LogP contribution in [-0.4, -0.2) is 80.6 Å². The van der Waals surface area contributed by atoms with E-state index in [1.165, 1.54) is 16.7 Å². The second kappa shape index (κ2) is 15.5. The number of carbonyl (C=O) groups is 3. The highest BCUT2D eigenvalue weighted by Gasteiger charge is 2.41. The average molecular weight is 588 g/mol. The molecule has 224 valence electrons. The van der Waals surface area contributed by atoms with Crippen molar-refractivity contribution in [2.75, 3.05) is 20.6 Å². The predicted octanol–water partition coefficient (Wildman–Crippen LogP) is 3.68. The van der Waals surface area contributed by atoms with Crippen molar-refractivity contribution >= 4 is 35.2 Å². The molecule has 1 aromatic carbocycles. The molecule has 0 unspecified atom stereocenters. The third-order valence-corrected chi connectivity index (χ3v) is 7.62. The number of benzene rings is 2. The summed E-state index contributed by atoms with van der Waals surface area (Å²) in [5, 5.41) is 41.4. The smallest absolute Gasteiger partial charge is 0.336 e. The van der Waals surface area contributed by atoms with Crippen molar-refractivity contribution in [3.8, 4) is 11.1 Å². The highest BCUT2D eigenvalue weighted by atomic mass is 32.1. The van der Waals surface area contributed by atoms with Gasteiger partial charge in [-0.25, -0.2) is 4.79 Å². The lowest BCUT2D eigenvalue weighted by atomic mass is 9.74. The fraction of sp³-hybridized carbons (Fsp3) is 0.467. The summed E-state index contributed by atoms with van der Waals surface area (Å²) in [6.45, 7) is 3.10. The lowest BCUT2D eigenvalue weighted by Crippen LogP contribution is -2.50. The van der Waals surface area contributed by atoms with E-state index in [0.717, 1.165) is 43.8 Å². The molecule has 0 bridgehead atoms. The van der Waals surface area contributed by atoms with Gasteiger partial charge in [0.15, 0.2) is 10.7 Å². The summed E-state index contributed by atoms with van der Waals surface area (Å²) in [6.07, 6.45) is 3.45.